The molecule has 4 rings (SSSR count). The van der Waals surface area contributed by atoms with Gasteiger partial charge >= 0.3 is 5.97 Å². The fourth-order valence-electron chi connectivity index (χ4n) is 3.68. The number of carbonyl (C=O) groups is 1. The molecule has 2 aliphatic rings. The highest BCUT2D eigenvalue weighted by Crippen LogP contribution is 2.41. The summed E-state index contributed by atoms with van der Waals surface area (Å²) in [7, 11) is 1.28. The third kappa shape index (κ3) is 2.91. The van der Waals surface area contributed by atoms with E-state index in [1.165, 1.54) is 31.4 Å². The number of esters is 1. The van der Waals surface area contributed by atoms with E-state index in [1.54, 1.807) is 6.20 Å². The molecule has 1 aromatic heterocycles. The number of nitrogens with zero attached hydrogens (tertiary/aromatic N) is 3. The summed E-state index contributed by atoms with van der Waals surface area (Å²) in [5.74, 6) is -1.90. The molecule has 1 fully saturated rings. The van der Waals surface area contributed by atoms with Crippen LogP contribution in [0.15, 0.2) is 40.0 Å². The minimum atomic E-state index is -0.955. The molecule has 0 bridgehead atoms. The van der Waals surface area contributed by atoms with Crippen LogP contribution in [0, 0.1) is 18.6 Å². The second-order valence-electron chi connectivity index (χ2n) is 6.69. The van der Waals surface area contributed by atoms with Crippen LogP contribution >= 0.6 is 11.3 Å². The normalized spacial score (nSPS) is 21.6. The minimum Gasteiger partial charge on any atom is -0.466 e. The average molecular weight is 404 g/mol. The van der Waals surface area contributed by atoms with Crippen LogP contribution in [0.4, 0.5) is 8.78 Å². The number of hydrogen-bond acceptors (Lipinski definition) is 7. The van der Waals surface area contributed by atoms with Crippen molar-refractivity contribution < 1.29 is 18.3 Å². The van der Waals surface area contributed by atoms with Crippen LogP contribution in [0.2, 0.25) is 0 Å². The molecule has 0 aliphatic carbocycles. The number of amidine groups is 1. The van der Waals surface area contributed by atoms with Crippen molar-refractivity contribution in [2.45, 2.75) is 25.4 Å². The van der Waals surface area contributed by atoms with Gasteiger partial charge in [0.2, 0.25) is 0 Å². The number of halogens is 2. The van der Waals surface area contributed by atoms with E-state index < -0.39 is 23.6 Å². The molecule has 1 aromatic carbocycles. The third-order valence-corrected chi connectivity index (χ3v) is 5.76. The summed E-state index contributed by atoms with van der Waals surface area (Å²) in [5, 5.41) is 2.49. The summed E-state index contributed by atoms with van der Waals surface area (Å²) >= 11 is 1.40. The zero-order chi connectivity index (χ0) is 20.0. The Labute approximate surface area is 164 Å². The smallest absolute Gasteiger partial charge is 0.338 e. The standard InChI is InChI=1S/C19H18F2N4O2S/c1-9-11(3-4-12(20)15(9)21)16-14(19(26)27-2)13-7-10(22)8-25(13)17(24-16)18-23-5-6-28-18/h3-6,10,16H,7-8,22H2,1-2H3/t10-,16-/m0/s1. The SMILES string of the molecule is COC(=O)C1=C2C[C@H](N)CN2C(c2nccs2)=N[C@H]1c1ccc(F)c(F)c1C. The summed E-state index contributed by atoms with van der Waals surface area (Å²) in [5.41, 5.74) is 7.65. The summed E-state index contributed by atoms with van der Waals surface area (Å²) in [4.78, 5) is 23.6. The molecule has 6 nitrogen and oxygen atoms in total. The van der Waals surface area contributed by atoms with Crippen molar-refractivity contribution in [3.8, 4) is 0 Å². The van der Waals surface area contributed by atoms with Crippen molar-refractivity contribution in [2.75, 3.05) is 13.7 Å². The zero-order valence-electron chi connectivity index (χ0n) is 15.3. The molecule has 28 heavy (non-hydrogen) atoms. The number of aromatic nitrogens is 1. The predicted molar refractivity (Wildman–Crippen MR) is 101 cm³/mol. The van der Waals surface area contributed by atoms with Gasteiger partial charge < -0.3 is 15.4 Å². The fraction of sp³-hybridized carbons (Fsp3) is 0.316. The number of rotatable bonds is 3. The van der Waals surface area contributed by atoms with E-state index in [1.807, 2.05) is 10.3 Å². The van der Waals surface area contributed by atoms with Gasteiger partial charge in [-0.2, -0.15) is 0 Å². The zero-order valence-corrected chi connectivity index (χ0v) is 16.1. The summed E-state index contributed by atoms with van der Waals surface area (Å²) in [6, 6.07) is 1.47. The van der Waals surface area contributed by atoms with E-state index >= 15 is 0 Å². The molecule has 9 heteroatoms. The number of ether oxygens (including phenoxy) is 1. The minimum absolute atomic E-state index is 0.102. The lowest BCUT2D eigenvalue weighted by atomic mass is 9.91. The molecule has 0 saturated carbocycles. The van der Waals surface area contributed by atoms with E-state index in [0.29, 0.717) is 40.6 Å². The molecule has 0 amide bonds. The predicted octanol–water partition coefficient (Wildman–Crippen LogP) is 2.69. The molecule has 2 N–H and O–H groups in total. The number of methoxy groups -OCH3 is 1. The maximum absolute atomic E-state index is 14.3. The first-order valence-corrected chi connectivity index (χ1v) is 9.57. The average Bonchev–Trinajstić information content (AvgIpc) is 3.34. The van der Waals surface area contributed by atoms with Gasteiger partial charge in [-0.1, -0.05) is 6.07 Å². The number of hydrogen-bond donors (Lipinski definition) is 1. The lowest BCUT2D eigenvalue weighted by Crippen LogP contribution is -2.36. The maximum Gasteiger partial charge on any atom is 0.338 e. The number of carbonyl (C=O) groups excluding carboxylic acids is 1. The summed E-state index contributed by atoms with van der Waals surface area (Å²) < 4.78 is 32.9. The van der Waals surface area contributed by atoms with Crippen LogP contribution in [-0.4, -0.2) is 41.4 Å². The number of benzene rings is 1. The maximum atomic E-state index is 14.3. The van der Waals surface area contributed by atoms with Crippen LogP contribution < -0.4 is 5.73 Å². The van der Waals surface area contributed by atoms with Gasteiger partial charge in [0, 0.05) is 36.3 Å². The molecule has 146 valence electrons. The van der Waals surface area contributed by atoms with E-state index in [4.69, 9.17) is 15.5 Å². The van der Waals surface area contributed by atoms with Crippen LogP contribution in [-0.2, 0) is 9.53 Å². The first-order chi connectivity index (χ1) is 13.4. The lowest BCUT2D eigenvalue weighted by Gasteiger charge is -2.31. The van der Waals surface area contributed by atoms with Gasteiger partial charge in [-0.3, -0.25) is 4.99 Å². The van der Waals surface area contributed by atoms with Crippen LogP contribution in [0.3, 0.4) is 0 Å². The van der Waals surface area contributed by atoms with Crippen molar-refractivity contribution in [1.29, 1.82) is 0 Å². The van der Waals surface area contributed by atoms with Gasteiger partial charge in [0.25, 0.3) is 0 Å². The molecule has 0 spiro atoms. The fourth-order valence-corrected chi connectivity index (χ4v) is 4.32. The van der Waals surface area contributed by atoms with E-state index in [-0.39, 0.29) is 11.6 Å². The van der Waals surface area contributed by atoms with Crippen molar-refractivity contribution >= 4 is 23.1 Å². The first-order valence-electron chi connectivity index (χ1n) is 8.69. The Bertz CT molecular complexity index is 1000. The van der Waals surface area contributed by atoms with Gasteiger partial charge in [-0.05, 0) is 24.1 Å². The monoisotopic (exact) mass is 404 g/mol. The van der Waals surface area contributed by atoms with Crippen LogP contribution in [0.25, 0.3) is 0 Å². The Morgan fingerprint density at radius 2 is 2.18 bits per heavy atom. The highest BCUT2D eigenvalue weighted by Gasteiger charge is 2.41. The molecule has 0 unspecified atom stereocenters. The first kappa shape index (κ1) is 18.7. The lowest BCUT2D eigenvalue weighted by molar-refractivity contribution is -0.136. The number of thiazole rings is 1. The molecule has 2 aliphatic heterocycles. The van der Waals surface area contributed by atoms with Crippen LogP contribution in [0.5, 0.6) is 0 Å². The Hall–Kier alpha value is -2.65. The van der Waals surface area contributed by atoms with Gasteiger partial charge in [-0.25, -0.2) is 18.6 Å². The highest BCUT2D eigenvalue weighted by atomic mass is 32.1. The number of nitrogens with two attached hydrogens (primary N) is 1. The van der Waals surface area contributed by atoms with E-state index in [2.05, 4.69) is 4.98 Å². The summed E-state index contributed by atoms with van der Waals surface area (Å²) in [6.07, 6.45) is 2.11. The largest absolute Gasteiger partial charge is 0.466 e. The van der Waals surface area contributed by atoms with Gasteiger partial charge in [0.15, 0.2) is 22.5 Å². The van der Waals surface area contributed by atoms with E-state index in [9.17, 15) is 13.6 Å². The second kappa shape index (κ2) is 7.06. The van der Waals surface area contributed by atoms with Gasteiger partial charge in [0.05, 0.1) is 12.7 Å². The molecular weight excluding hydrogens is 386 g/mol. The molecule has 1 saturated heterocycles. The Morgan fingerprint density at radius 1 is 1.39 bits per heavy atom. The molecule has 3 heterocycles. The molecule has 2 aromatic rings. The van der Waals surface area contributed by atoms with Crippen molar-refractivity contribution in [3.63, 3.8) is 0 Å². The second-order valence-corrected chi connectivity index (χ2v) is 7.59. The molecule has 0 radical (unpaired) electrons. The van der Waals surface area contributed by atoms with Gasteiger partial charge in [0.1, 0.15) is 6.04 Å². The third-order valence-electron chi connectivity index (χ3n) is 4.99. The van der Waals surface area contributed by atoms with Gasteiger partial charge in [-0.15, -0.1) is 11.3 Å². The highest BCUT2D eigenvalue weighted by molar-refractivity contribution is 7.11. The van der Waals surface area contributed by atoms with E-state index in [0.717, 1.165) is 6.07 Å². The van der Waals surface area contributed by atoms with Crippen LogP contribution in [0.1, 0.15) is 28.6 Å². The van der Waals surface area contributed by atoms with Crippen molar-refractivity contribution in [3.05, 3.63) is 62.7 Å². The van der Waals surface area contributed by atoms with Crippen molar-refractivity contribution in [1.82, 2.24) is 9.88 Å². The summed E-state index contributed by atoms with van der Waals surface area (Å²) in [6.45, 7) is 1.95. The number of aliphatic imine (C=N–C) groups is 1. The number of fused-ring (bicyclic) bond motifs is 1. The quantitative estimate of drug-likeness (QED) is 0.796. The van der Waals surface area contributed by atoms with Crippen molar-refractivity contribution in [2.24, 2.45) is 10.7 Å². The Balaban J connectivity index is 1.95. The molecular formula is C19H18F2N4O2S. The Kier molecular flexibility index (Phi) is 4.72. The molecule has 2 atom stereocenters. The Morgan fingerprint density at radius 3 is 2.86 bits per heavy atom. The topological polar surface area (TPSA) is 80.8 Å².